The number of imidazole rings is 1. The van der Waals surface area contributed by atoms with Crippen molar-refractivity contribution in [1.82, 2.24) is 9.55 Å². The van der Waals surface area contributed by atoms with Gasteiger partial charge in [-0.15, -0.1) is 0 Å². The van der Waals surface area contributed by atoms with Crippen molar-refractivity contribution < 1.29 is 4.74 Å². The molecule has 0 saturated heterocycles. The van der Waals surface area contributed by atoms with Crippen LogP contribution in [0.15, 0.2) is 12.4 Å². The molecule has 4 nitrogen and oxygen atoms in total. The quantitative estimate of drug-likeness (QED) is 0.847. The van der Waals surface area contributed by atoms with Crippen LogP contribution in [0, 0.1) is 0 Å². The Bertz CT molecular complexity index is 342. The number of ether oxygens (including phenoxy) is 1. The minimum absolute atomic E-state index is 0.0522. The number of aromatic nitrogens is 2. The van der Waals surface area contributed by atoms with Crippen molar-refractivity contribution in [1.29, 1.82) is 0 Å². The SMILES string of the molecule is Cn1ccnc1CCOC1(CN)CCCCC1. The van der Waals surface area contributed by atoms with Crippen LogP contribution >= 0.6 is 0 Å². The van der Waals surface area contributed by atoms with Gasteiger partial charge in [-0.3, -0.25) is 0 Å². The lowest BCUT2D eigenvalue weighted by Crippen LogP contribution is -2.43. The topological polar surface area (TPSA) is 53.1 Å². The smallest absolute Gasteiger partial charge is 0.110 e. The molecule has 1 aliphatic rings. The van der Waals surface area contributed by atoms with Crippen LogP contribution in [0.3, 0.4) is 0 Å². The van der Waals surface area contributed by atoms with E-state index in [0.717, 1.165) is 31.7 Å². The molecule has 0 aliphatic heterocycles. The van der Waals surface area contributed by atoms with Crippen molar-refractivity contribution in [2.75, 3.05) is 13.2 Å². The highest BCUT2D eigenvalue weighted by atomic mass is 16.5. The summed E-state index contributed by atoms with van der Waals surface area (Å²) in [4.78, 5) is 4.30. The Hall–Kier alpha value is -0.870. The standard InChI is InChI=1S/C13H23N3O/c1-16-9-8-15-12(16)5-10-17-13(11-14)6-3-2-4-7-13/h8-9H,2-7,10-11,14H2,1H3. The van der Waals surface area contributed by atoms with Crippen LogP contribution in [0.4, 0.5) is 0 Å². The molecule has 0 atom stereocenters. The van der Waals surface area contributed by atoms with Crippen LogP contribution in [-0.2, 0) is 18.2 Å². The van der Waals surface area contributed by atoms with Crippen LogP contribution in [-0.4, -0.2) is 28.3 Å². The number of rotatable bonds is 5. The molecule has 96 valence electrons. The zero-order valence-corrected chi connectivity index (χ0v) is 10.7. The van der Waals surface area contributed by atoms with E-state index in [4.69, 9.17) is 10.5 Å². The van der Waals surface area contributed by atoms with Gasteiger partial charge in [0.2, 0.25) is 0 Å². The van der Waals surface area contributed by atoms with Crippen molar-refractivity contribution in [3.05, 3.63) is 18.2 Å². The highest BCUT2D eigenvalue weighted by molar-refractivity contribution is 4.92. The van der Waals surface area contributed by atoms with Gasteiger partial charge in [-0.05, 0) is 12.8 Å². The fourth-order valence-electron chi connectivity index (χ4n) is 2.60. The van der Waals surface area contributed by atoms with Crippen LogP contribution in [0.2, 0.25) is 0 Å². The minimum Gasteiger partial charge on any atom is -0.373 e. The number of nitrogens with two attached hydrogens (primary N) is 1. The van der Waals surface area contributed by atoms with Crippen LogP contribution in [0.25, 0.3) is 0 Å². The third-order valence-corrected chi connectivity index (χ3v) is 3.79. The Morgan fingerprint density at radius 1 is 1.41 bits per heavy atom. The maximum absolute atomic E-state index is 6.07. The van der Waals surface area contributed by atoms with Gasteiger partial charge in [0.05, 0.1) is 12.2 Å². The highest BCUT2D eigenvalue weighted by Crippen LogP contribution is 2.30. The summed E-state index contributed by atoms with van der Waals surface area (Å²) in [5.41, 5.74) is 5.83. The number of nitrogens with zero attached hydrogens (tertiary/aromatic N) is 2. The summed E-state index contributed by atoms with van der Waals surface area (Å²) in [5, 5.41) is 0. The third kappa shape index (κ3) is 3.07. The van der Waals surface area contributed by atoms with Gasteiger partial charge in [-0.1, -0.05) is 19.3 Å². The monoisotopic (exact) mass is 237 g/mol. The maximum atomic E-state index is 6.07. The molecule has 2 rings (SSSR count). The van der Waals surface area contributed by atoms with Gasteiger partial charge in [-0.2, -0.15) is 0 Å². The Balaban J connectivity index is 1.82. The largest absolute Gasteiger partial charge is 0.373 e. The van der Waals surface area contributed by atoms with E-state index in [9.17, 15) is 0 Å². The second-order valence-electron chi connectivity index (χ2n) is 5.00. The van der Waals surface area contributed by atoms with Crippen molar-refractivity contribution in [2.45, 2.75) is 44.1 Å². The van der Waals surface area contributed by atoms with Gasteiger partial charge in [0.25, 0.3) is 0 Å². The number of hydrogen-bond acceptors (Lipinski definition) is 3. The fourth-order valence-corrected chi connectivity index (χ4v) is 2.60. The lowest BCUT2D eigenvalue weighted by Gasteiger charge is -2.36. The van der Waals surface area contributed by atoms with E-state index in [1.807, 2.05) is 24.0 Å². The van der Waals surface area contributed by atoms with Crippen LogP contribution < -0.4 is 5.73 Å². The summed E-state index contributed by atoms with van der Waals surface area (Å²) in [7, 11) is 2.02. The molecule has 2 N–H and O–H groups in total. The lowest BCUT2D eigenvalue weighted by molar-refractivity contribution is -0.0623. The molecule has 17 heavy (non-hydrogen) atoms. The molecule has 0 bridgehead atoms. The molecule has 0 amide bonds. The summed E-state index contributed by atoms with van der Waals surface area (Å²) >= 11 is 0. The molecule has 0 spiro atoms. The number of aryl methyl sites for hydroxylation is 1. The predicted octanol–water partition coefficient (Wildman–Crippen LogP) is 1.64. The summed E-state index contributed by atoms with van der Waals surface area (Å²) in [6.45, 7) is 1.37. The zero-order chi connectivity index (χ0) is 12.1. The molecule has 0 unspecified atom stereocenters. The van der Waals surface area contributed by atoms with Crippen molar-refractivity contribution in [3.8, 4) is 0 Å². The van der Waals surface area contributed by atoms with Gasteiger partial charge >= 0.3 is 0 Å². The second kappa shape index (κ2) is 5.65. The summed E-state index contributed by atoms with van der Waals surface area (Å²) < 4.78 is 8.11. The first-order valence-electron chi connectivity index (χ1n) is 6.56. The van der Waals surface area contributed by atoms with Crippen LogP contribution in [0.1, 0.15) is 37.9 Å². The molecule has 1 fully saturated rings. The van der Waals surface area contributed by atoms with Gasteiger partial charge in [0, 0.05) is 32.4 Å². The predicted molar refractivity (Wildman–Crippen MR) is 67.7 cm³/mol. The molecule has 1 aromatic heterocycles. The molecule has 1 aromatic rings. The fraction of sp³-hybridized carbons (Fsp3) is 0.769. The molecule has 1 heterocycles. The van der Waals surface area contributed by atoms with Gasteiger partial charge in [0.15, 0.2) is 0 Å². The normalized spacial score (nSPS) is 19.4. The first kappa shape index (κ1) is 12.6. The van der Waals surface area contributed by atoms with Crippen LogP contribution in [0.5, 0.6) is 0 Å². The Labute approximate surface area is 103 Å². The van der Waals surface area contributed by atoms with Gasteiger partial charge < -0.3 is 15.0 Å². The summed E-state index contributed by atoms with van der Waals surface area (Å²) in [6, 6.07) is 0. The average molecular weight is 237 g/mol. The molecular formula is C13H23N3O. The Morgan fingerprint density at radius 2 is 2.18 bits per heavy atom. The van der Waals surface area contributed by atoms with E-state index in [1.54, 1.807) is 0 Å². The van der Waals surface area contributed by atoms with Gasteiger partial charge in [0.1, 0.15) is 5.82 Å². The first-order chi connectivity index (χ1) is 8.26. The van der Waals surface area contributed by atoms with Gasteiger partial charge in [-0.25, -0.2) is 4.98 Å². The van der Waals surface area contributed by atoms with E-state index in [-0.39, 0.29) is 5.60 Å². The summed E-state index contributed by atoms with van der Waals surface area (Å²) in [6.07, 6.45) is 10.7. The molecule has 0 radical (unpaired) electrons. The van der Waals surface area contributed by atoms with E-state index in [0.29, 0.717) is 6.54 Å². The molecule has 1 saturated carbocycles. The molecule has 0 aromatic carbocycles. The highest BCUT2D eigenvalue weighted by Gasteiger charge is 2.31. The molecule has 1 aliphatic carbocycles. The summed E-state index contributed by atoms with van der Waals surface area (Å²) in [5.74, 6) is 1.08. The third-order valence-electron chi connectivity index (χ3n) is 3.79. The Kier molecular flexibility index (Phi) is 4.18. The van der Waals surface area contributed by atoms with Crippen molar-refractivity contribution in [2.24, 2.45) is 12.8 Å². The minimum atomic E-state index is -0.0522. The maximum Gasteiger partial charge on any atom is 0.110 e. The Morgan fingerprint density at radius 3 is 2.76 bits per heavy atom. The second-order valence-corrected chi connectivity index (χ2v) is 5.00. The van der Waals surface area contributed by atoms with E-state index < -0.39 is 0 Å². The van der Waals surface area contributed by atoms with E-state index in [2.05, 4.69) is 4.98 Å². The molecule has 4 heteroatoms. The number of hydrogen-bond donors (Lipinski definition) is 1. The van der Waals surface area contributed by atoms with Crippen molar-refractivity contribution in [3.63, 3.8) is 0 Å². The zero-order valence-electron chi connectivity index (χ0n) is 10.7. The molecular weight excluding hydrogens is 214 g/mol. The lowest BCUT2D eigenvalue weighted by atomic mass is 9.85. The van der Waals surface area contributed by atoms with E-state index in [1.165, 1.54) is 19.3 Å². The van der Waals surface area contributed by atoms with E-state index >= 15 is 0 Å². The average Bonchev–Trinajstić information content (AvgIpc) is 2.76. The van der Waals surface area contributed by atoms with Crippen molar-refractivity contribution >= 4 is 0 Å². The first-order valence-corrected chi connectivity index (χ1v) is 6.56.